The molecule has 138 valence electrons. The first-order valence-corrected chi connectivity index (χ1v) is 8.93. The normalized spacial score (nSPS) is 19.7. The van der Waals surface area contributed by atoms with Gasteiger partial charge < -0.3 is 10.1 Å². The standard InChI is InChI=1S/C16H19N5O4S/c1-4-16(2)14(23)21(15(24)19-16)7-12(22)25-8-11-9-26-13(18-11)10-5-17-20(3)6-10/h5-6,9H,4,7-8H2,1-3H3,(H,19,24). The van der Waals surface area contributed by atoms with Crippen LogP contribution in [-0.2, 0) is 28.0 Å². The summed E-state index contributed by atoms with van der Waals surface area (Å²) in [4.78, 5) is 41.4. The molecule has 1 aliphatic rings. The van der Waals surface area contributed by atoms with Crippen LogP contribution in [0.15, 0.2) is 17.8 Å². The number of ether oxygens (including phenoxy) is 1. The zero-order chi connectivity index (χ0) is 18.9. The van der Waals surface area contributed by atoms with E-state index in [9.17, 15) is 14.4 Å². The van der Waals surface area contributed by atoms with Gasteiger partial charge in [-0.1, -0.05) is 6.92 Å². The van der Waals surface area contributed by atoms with Gasteiger partial charge in [0.15, 0.2) is 0 Å². The Balaban J connectivity index is 1.56. The number of rotatable bonds is 6. The summed E-state index contributed by atoms with van der Waals surface area (Å²) in [6, 6.07) is -0.580. The Morgan fingerprint density at radius 1 is 1.42 bits per heavy atom. The van der Waals surface area contributed by atoms with Crippen LogP contribution in [0.5, 0.6) is 0 Å². The van der Waals surface area contributed by atoms with Crippen LogP contribution < -0.4 is 5.32 Å². The summed E-state index contributed by atoms with van der Waals surface area (Å²) in [5.41, 5.74) is 0.510. The Morgan fingerprint density at radius 2 is 2.19 bits per heavy atom. The van der Waals surface area contributed by atoms with Gasteiger partial charge in [-0.2, -0.15) is 5.10 Å². The fraction of sp³-hybridized carbons (Fsp3) is 0.438. The molecule has 2 aromatic rings. The lowest BCUT2D eigenvalue weighted by Gasteiger charge is -2.18. The maximum Gasteiger partial charge on any atom is 0.326 e. The van der Waals surface area contributed by atoms with E-state index in [4.69, 9.17) is 4.74 Å². The van der Waals surface area contributed by atoms with Crippen LogP contribution in [0.2, 0.25) is 0 Å². The number of hydrogen-bond acceptors (Lipinski definition) is 7. The van der Waals surface area contributed by atoms with Gasteiger partial charge in [0.25, 0.3) is 5.91 Å². The molecule has 1 N–H and O–H groups in total. The highest BCUT2D eigenvalue weighted by atomic mass is 32.1. The minimum absolute atomic E-state index is 0.0235. The Hall–Kier alpha value is -2.75. The topological polar surface area (TPSA) is 106 Å². The molecular weight excluding hydrogens is 358 g/mol. The van der Waals surface area contributed by atoms with E-state index in [0.29, 0.717) is 12.1 Å². The van der Waals surface area contributed by atoms with Crippen LogP contribution in [0.1, 0.15) is 26.0 Å². The lowest BCUT2D eigenvalue weighted by molar-refractivity contribution is -0.148. The van der Waals surface area contributed by atoms with Gasteiger partial charge in [-0.3, -0.25) is 19.2 Å². The second-order valence-electron chi connectivity index (χ2n) is 6.21. The first kappa shape index (κ1) is 18.1. The average Bonchev–Trinajstić information content (AvgIpc) is 3.29. The van der Waals surface area contributed by atoms with Crippen LogP contribution >= 0.6 is 11.3 Å². The van der Waals surface area contributed by atoms with Crippen molar-refractivity contribution in [1.82, 2.24) is 25.0 Å². The number of hydrogen-bond donors (Lipinski definition) is 1. The number of nitrogens with zero attached hydrogens (tertiary/aromatic N) is 4. The zero-order valence-corrected chi connectivity index (χ0v) is 15.5. The molecule has 0 radical (unpaired) electrons. The fourth-order valence-corrected chi connectivity index (χ4v) is 3.28. The number of thiazole rings is 1. The molecule has 3 rings (SSSR count). The van der Waals surface area contributed by atoms with Crippen LogP contribution in [0.4, 0.5) is 4.79 Å². The number of aromatic nitrogens is 3. The van der Waals surface area contributed by atoms with Gasteiger partial charge in [-0.05, 0) is 13.3 Å². The van der Waals surface area contributed by atoms with E-state index in [1.54, 1.807) is 30.1 Å². The van der Waals surface area contributed by atoms with E-state index in [-0.39, 0.29) is 6.61 Å². The van der Waals surface area contributed by atoms with E-state index in [2.05, 4.69) is 15.4 Å². The maximum atomic E-state index is 12.3. The van der Waals surface area contributed by atoms with Crippen LogP contribution in [0.3, 0.4) is 0 Å². The van der Waals surface area contributed by atoms with Crippen LogP contribution in [0.25, 0.3) is 10.6 Å². The highest BCUT2D eigenvalue weighted by Crippen LogP contribution is 2.23. The maximum absolute atomic E-state index is 12.3. The first-order chi connectivity index (χ1) is 12.3. The molecule has 0 aromatic carbocycles. The van der Waals surface area contributed by atoms with Gasteiger partial charge in [0, 0.05) is 24.2 Å². The van der Waals surface area contributed by atoms with E-state index < -0.39 is 30.0 Å². The highest BCUT2D eigenvalue weighted by molar-refractivity contribution is 7.13. The van der Waals surface area contributed by atoms with Crippen molar-refractivity contribution in [2.45, 2.75) is 32.4 Å². The summed E-state index contributed by atoms with van der Waals surface area (Å²) in [5.74, 6) is -1.08. The largest absolute Gasteiger partial charge is 0.458 e. The van der Waals surface area contributed by atoms with Crippen molar-refractivity contribution in [1.29, 1.82) is 0 Å². The number of aryl methyl sites for hydroxylation is 1. The molecule has 3 amide bonds. The van der Waals surface area contributed by atoms with Gasteiger partial charge in [0.2, 0.25) is 0 Å². The lowest BCUT2D eigenvalue weighted by atomic mass is 9.99. The van der Waals surface area contributed by atoms with Gasteiger partial charge in [-0.25, -0.2) is 9.78 Å². The quantitative estimate of drug-likeness (QED) is 0.601. The summed E-state index contributed by atoms with van der Waals surface area (Å²) in [6.45, 7) is 2.99. The van der Waals surface area contributed by atoms with Crippen molar-refractivity contribution in [2.24, 2.45) is 7.05 Å². The van der Waals surface area contributed by atoms with E-state index >= 15 is 0 Å². The van der Waals surface area contributed by atoms with E-state index in [1.165, 1.54) is 11.3 Å². The lowest BCUT2D eigenvalue weighted by Crippen LogP contribution is -2.43. The molecule has 1 unspecified atom stereocenters. The van der Waals surface area contributed by atoms with Gasteiger partial charge in [0.1, 0.15) is 23.7 Å². The number of amides is 3. The van der Waals surface area contributed by atoms with Crippen molar-refractivity contribution >= 4 is 29.2 Å². The third kappa shape index (κ3) is 3.45. The third-order valence-electron chi connectivity index (χ3n) is 4.22. The van der Waals surface area contributed by atoms with Crippen LogP contribution in [-0.4, -0.2) is 49.7 Å². The molecule has 0 aliphatic carbocycles. The number of urea groups is 1. The number of imide groups is 1. The second-order valence-corrected chi connectivity index (χ2v) is 7.07. The summed E-state index contributed by atoms with van der Waals surface area (Å²) >= 11 is 1.42. The van der Waals surface area contributed by atoms with E-state index in [1.807, 2.05) is 13.2 Å². The minimum Gasteiger partial charge on any atom is -0.458 e. The molecule has 0 spiro atoms. The predicted molar refractivity (Wildman–Crippen MR) is 93.1 cm³/mol. The van der Waals surface area contributed by atoms with Gasteiger partial charge in [-0.15, -0.1) is 11.3 Å². The Kier molecular flexibility index (Phi) is 4.77. The summed E-state index contributed by atoms with van der Waals surface area (Å²) in [6.07, 6.45) is 3.99. The van der Waals surface area contributed by atoms with E-state index in [0.717, 1.165) is 15.5 Å². The second kappa shape index (κ2) is 6.87. The predicted octanol–water partition coefficient (Wildman–Crippen LogP) is 1.31. The Labute approximate surface area is 154 Å². The number of carbonyl (C=O) groups is 3. The number of nitrogens with one attached hydrogen (secondary N) is 1. The zero-order valence-electron chi connectivity index (χ0n) is 14.7. The average molecular weight is 377 g/mol. The summed E-state index contributed by atoms with van der Waals surface area (Å²) < 4.78 is 6.83. The van der Waals surface area contributed by atoms with Crippen molar-refractivity contribution < 1.29 is 19.1 Å². The highest BCUT2D eigenvalue weighted by Gasteiger charge is 2.47. The molecule has 0 bridgehead atoms. The first-order valence-electron chi connectivity index (χ1n) is 8.05. The Morgan fingerprint density at radius 3 is 2.81 bits per heavy atom. The molecule has 2 aromatic heterocycles. The monoisotopic (exact) mass is 377 g/mol. The molecule has 1 atom stereocenters. The summed E-state index contributed by atoms with van der Waals surface area (Å²) in [7, 11) is 1.82. The SMILES string of the molecule is CCC1(C)NC(=O)N(CC(=O)OCc2csc(-c3cnn(C)c3)n2)C1=O. The molecule has 3 heterocycles. The molecule has 1 aliphatic heterocycles. The van der Waals surface area contributed by atoms with Crippen molar-refractivity contribution in [2.75, 3.05) is 6.54 Å². The molecule has 0 saturated carbocycles. The summed E-state index contributed by atoms with van der Waals surface area (Å²) in [5, 5.41) is 9.25. The van der Waals surface area contributed by atoms with Crippen molar-refractivity contribution in [3.8, 4) is 10.6 Å². The number of esters is 1. The van der Waals surface area contributed by atoms with Crippen molar-refractivity contribution in [3.05, 3.63) is 23.5 Å². The fourth-order valence-electron chi connectivity index (χ4n) is 2.50. The smallest absolute Gasteiger partial charge is 0.326 e. The molecule has 26 heavy (non-hydrogen) atoms. The van der Waals surface area contributed by atoms with Crippen molar-refractivity contribution in [3.63, 3.8) is 0 Å². The third-order valence-corrected chi connectivity index (χ3v) is 5.16. The molecule has 1 fully saturated rings. The van der Waals surface area contributed by atoms with Crippen LogP contribution in [0, 0.1) is 0 Å². The molecule has 1 saturated heterocycles. The molecule has 10 heteroatoms. The minimum atomic E-state index is -0.967. The Bertz CT molecular complexity index is 860. The number of carbonyl (C=O) groups excluding carboxylic acids is 3. The molecule has 9 nitrogen and oxygen atoms in total. The van der Waals surface area contributed by atoms with Gasteiger partial charge in [0.05, 0.1) is 11.9 Å². The van der Waals surface area contributed by atoms with Gasteiger partial charge >= 0.3 is 12.0 Å². The molecular formula is C16H19N5O4S.